The van der Waals surface area contributed by atoms with Gasteiger partial charge in [0.1, 0.15) is 5.60 Å². The number of ether oxygens (including phenoxy) is 2. The van der Waals surface area contributed by atoms with E-state index in [2.05, 4.69) is 82.2 Å². The number of halogens is 1. The number of rotatable bonds is 7. The van der Waals surface area contributed by atoms with E-state index in [-0.39, 0.29) is 28.5 Å². The van der Waals surface area contributed by atoms with Crippen molar-refractivity contribution in [2.45, 2.75) is 84.3 Å². The normalized spacial score (nSPS) is 18.9. The van der Waals surface area contributed by atoms with E-state index in [1.54, 1.807) is 36.7 Å². The third kappa shape index (κ3) is 8.99. The van der Waals surface area contributed by atoms with Crippen LogP contribution in [0.5, 0.6) is 5.75 Å². The first-order valence-corrected chi connectivity index (χ1v) is 19.2. The van der Waals surface area contributed by atoms with Crippen LogP contribution in [-0.4, -0.2) is 67.2 Å². The number of aromatic nitrogens is 2. The second-order valence-corrected chi connectivity index (χ2v) is 20.1. The minimum Gasteiger partial charge on any atom is -0.444 e. The molecule has 3 aromatic rings. The number of nitrogens with two attached hydrogens (primary N) is 1. The number of hydrogen-bond acceptors (Lipinski definition) is 9. The van der Waals surface area contributed by atoms with Crippen LogP contribution < -0.4 is 26.0 Å². The fraction of sp³-hybridized carbons (Fsp3) is 0.485. The van der Waals surface area contributed by atoms with Crippen molar-refractivity contribution in [3.05, 3.63) is 52.9 Å². The molecule has 254 valence electrons. The quantitative estimate of drug-likeness (QED) is 0.222. The number of benzene rings is 1. The van der Waals surface area contributed by atoms with Gasteiger partial charge in [-0.05, 0) is 63.2 Å². The predicted molar refractivity (Wildman–Crippen MR) is 188 cm³/mol. The number of alkyl carbamates (subject to hydrolysis) is 1. The molecule has 1 aliphatic heterocycles. The zero-order valence-electron chi connectivity index (χ0n) is 28.4. The molecule has 0 radical (unpaired) electrons. The Kier molecular flexibility index (Phi) is 10.6. The highest BCUT2D eigenvalue weighted by molar-refractivity contribution is 9.10. The topological polar surface area (TPSA) is 158 Å². The van der Waals surface area contributed by atoms with E-state index < -0.39 is 38.1 Å². The lowest BCUT2D eigenvalue weighted by atomic mass is 9.92. The molecular weight excluding hydrogens is 684 g/mol. The molecule has 1 aromatic carbocycles. The predicted octanol–water partition coefficient (Wildman–Crippen LogP) is 6.84. The number of anilines is 2. The summed E-state index contributed by atoms with van der Waals surface area (Å²) in [6.07, 6.45) is 1.31. The Balaban J connectivity index is 1.67. The van der Waals surface area contributed by atoms with Gasteiger partial charge in [-0.25, -0.2) is 14.6 Å². The van der Waals surface area contributed by atoms with Gasteiger partial charge < -0.3 is 35.2 Å². The minimum absolute atomic E-state index is 0.00861. The first-order valence-electron chi connectivity index (χ1n) is 15.5. The molecule has 0 spiro atoms. The number of nitrogens with zero attached hydrogens (tertiary/aromatic N) is 3. The molecular formula is C33H45BrN6O6Si. The van der Waals surface area contributed by atoms with Crippen molar-refractivity contribution < 1.29 is 28.3 Å². The second-order valence-electron chi connectivity index (χ2n) is 14.4. The van der Waals surface area contributed by atoms with E-state index in [0.717, 1.165) is 4.47 Å². The van der Waals surface area contributed by atoms with Crippen LogP contribution in [0.25, 0.3) is 10.9 Å². The fourth-order valence-electron chi connectivity index (χ4n) is 5.17. The zero-order chi connectivity index (χ0) is 34.9. The fourth-order valence-corrected chi connectivity index (χ4v) is 6.95. The van der Waals surface area contributed by atoms with Gasteiger partial charge in [0.2, 0.25) is 0 Å². The van der Waals surface area contributed by atoms with Gasteiger partial charge in [-0.3, -0.25) is 9.78 Å². The Bertz CT molecular complexity index is 1660. The number of carbonyl (C=O) groups is 3. The number of carbonyl (C=O) groups excluding carboxylic acids is 3. The van der Waals surface area contributed by atoms with Crippen LogP contribution in [0.15, 0.2) is 47.2 Å². The summed E-state index contributed by atoms with van der Waals surface area (Å²) in [5, 5.41) is 6.60. The van der Waals surface area contributed by atoms with Crippen molar-refractivity contribution in [1.29, 1.82) is 0 Å². The Hall–Kier alpha value is -3.75. The lowest BCUT2D eigenvalue weighted by Crippen LogP contribution is -2.63. The summed E-state index contributed by atoms with van der Waals surface area (Å²) in [4.78, 5) is 49.3. The maximum absolute atomic E-state index is 13.7. The summed E-state index contributed by atoms with van der Waals surface area (Å²) in [6, 6.07) is 8.27. The van der Waals surface area contributed by atoms with Crippen LogP contribution in [0.2, 0.25) is 18.1 Å². The number of nitrogens with one attached hydrogen (secondary N) is 2. The number of hydrogen-bond donors (Lipinski definition) is 3. The van der Waals surface area contributed by atoms with E-state index in [1.807, 2.05) is 26.8 Å². The highest BCUT2D eigenvalue weighted by Crippen LogP contribution is 2.40. The summed E-state index contributed by atoms with van der Waals surface area (Å²) < 4.78 is 18.5. The van der Waals surface area contributed by atoms with E-state index in [0.29, 0.717) is 35.4 Å². The van der Waals surface area contributed by atoms with Crippen molar-refractivity contribution in [3.63, 3.8) is 0 Å². The van der Waals surface area contributed by atoms with Gasteiger partial charge in [-0.2, -0.15) is 0 Å². The molecule has 1 fully saturated rings. The number of pyridine rings is 2. The molecule has 1 saturated heterocycles. The maximum Gasteiger partial charge on any atom is 0.410 e. The smallest absolute Gasteiger partial charge is 0.410 e. The van der Waals surface area contributed by atoms with E-state index in [1.165, 1.54) is 0 Å². The third-order valence-corrected chi connectivity index (χ3v) is 13.3. The second kappa shape index (κ2) is 13.8. The van der Waals surface area contributed by atoms with Crippen LogP contribution in [0, 0.1) is 5.92 Å². The van der Waals surface area contributed by atoms with Gasteiger partial charge in [-0.1, -0.05) is 49.7 Å². The Morgan fingerprint density at radius 3 is 2.40 bits per heavy atom. The molecule has 4 N–H and O–H groups in total. The molecule has 1 aliphatic rings. The lowest BCUT2D eigenvalue weighted by molar-refractivity contribution is 0.0336. The van der Waals surface area contributed by atoms with Crippen LogP contribution in [0.3, 0.4) is 0 Å². The highest BCUT2D eigenvalue weighted by Gasteiger charge is 2.45. The van der Waals surface area contributed by atoms with Gasteiger partial charge in [0.15, 0.2) is 19.8 Å². The first-order chi connectivity index (χ1) is 21.7. The molecule has 3 heterocycles. The van der Waals surface area contributed by atoms with Crippen molar-refractivity contribution in [3.8, 4) is 5.75 Å². The van der Waals surface area contributed by atoms with E-state index in [9.17, 15) is 14.4 Å². The molecule has 3 atom stereocenters. The molecule has 12 nitrogen and oxygen atoms in total. The van der Waals surface area contributed by atoms with Crippen LogP contribution in [-0.2, 0) is 9.16 Å². The highest BCUT2D eigenvalue weighted by atomic mass is 79.9. The molecule has 0 saturated carbocycles. The molecule has 0 aliphatic carbocycles. The van der Waals surface area contributed by atoms with E-state index >= 15 is 0 Å². The molecule has 4 rings (SSSR count). The van der Waals surface area contributed by atoms with Crippen molar-refractivity contribution in [2.75, 3.05) is 23.3 Å². The van der Waals surface area contributed by atoms with Crippen LogP contribution in [0.1, 0.15) is 59.0 Å². The van der Waals surface area contributed by atoms with Crippen LogP contribution in [0.4, 0.5) is 21.0 Å². The number of primary amides is 1. The largest absolute Gasteiger partial charge is 0.444 e. The monoisotopic (exact) mass is 728 g/mol. The Morgan fingerprint density at radius 1 is 1.06 bits per heavy atom. The molecule has 14 heteroatoms. The summed E-state index contributed by atoms with van der Waals surface area (Å²) in [5.74, 6) is -0.704. The first kappa shape index (κ1) is 36.1. The van der Waals surface area contributed by atoms with E-state index in [4.69, 9.17) is 19.6 Å². The summed E-state index contributed by atoms with van der Waals surface area (Å²) in [5.41, 5.74) is 6.12. The van der Waals surface area contributed by atoms with Gasteiger partial charge >= 0.3 is 12.2 Å². The zero-order valence-corrected chi connectivity index (χ0v) is 31.0. The lowest BCUT2D eigenvalue weighted by Gasteiger charge is -2.48. The minimum atomic E-state index is -2.22. The number of fused-ring (bicyclic) bond motifs is 1. The molecule has 0 bridgehead atoms. The SMILES string of the molecule is C[C@H]1CN(c2ccncc2NC(=O)c2nc3cc(Br)ccc3cc2OC(N)=O)C[C@@H](NC(=O)OC(C)(C)C)[C@@H]1O[Si](C)(C)C(C)(C)C. The van der Waals surface area contributed by atoms with Crippen molar-refractivity contribution >= 4 is 64.6 Å². The third-order valence-electron chi connectivity index (χ3n) is 8.38. The summed E-state index contributed by atoms with van der Waals surface area (Å²) in [6.45, 7) is 19.5. The van der Waals surface area contributed by atoms with Crippen molar-refractivity contribution in [2.24, 2.45) is 11.7 Å². The van der Waals surface area contributed by atoms with Gasteiger partial charge in [0.25, 0.3) is 5.91 Å². The van der Waals surface area contributed by atoms with Gasteiger partial charge in [-0.15, -0.1) is 0 Å². The molecule has 0 unspecified atom stereocenters. The Morgan fingerprint density at radius 2 is 1.77 bits per heavy atom. The summed E-state index contributed by atoms with van der Waals surface area (Å²) >= 11 is 3.43. The molecule has 47 heavy (non-hydrogen) atoms. The van der Waals surface area contributed by atoms with Gasteiger partial charge in [0.05, 0.1) is 35.2 Å². The Labute approximate surface area is 285 Å². The van der Waals surface area contributed by atoms with Crippen molar-refractivity contribution in [1.82, 2.24) is 15.3 Å². The molecule has 3 amide bonds. The van der Waals surface area contributed by atoms with Crippen LogP contribution >= 0.6 is 15.9 Å². The maximum atomic E-state index is 13.7. The number of piperidine rings is 1. The summed E-state index contributed by atoms with van der Waals surface area (Å²) in [7, 11) is -2.22. The average molecular weight is 730 g/mol. The molecule has 2 aromatic heterocycles. The van der Waals surface area contributed by atoms with Gasteiger partial charge in [0, 0.05) is 35.1 Å². The number of amides is 3. The average Bonchev–Trinajstić information content (AvgIpc) is 2.92. The standard InChI is InChI=1S/C33H45BrN6O6Si/c1-19-17-40(18-24(39-31(43)45-32(2,3)4)28(19)46-47(8,9)33(5,6)7)25-12-13-36-16-23(25)38-29(41)27-26(44-30(35)42)14-20-10-11-21(34)15-22(20)37-27/h10-16,19,24,28H,17-18H2,1-9H3,(H2,35,42)(H,38,41)(H,39,43)/t19-,24+,28+/m0/s1.